The van der Waals surface area contributed by atoms with Crippen LogP contribution in [-0.2, 0) is 20.5 Å². The number of nitrogens with one attached hydrogen (secondary N) is 2. The Kier molecular flexibility index (Phi) is 5.64. The smallest absolute Gasteiger partial charge is 0.251 e. The van der Waals surface area contributed by atoms with Gasteiger partial charge in [0.1, 0.15) is 16.7 Å². The molecule has 3 aromatic carbocycles. The highest BCUT2D eigenvalue weighted by Crippen LogP contribution is 2.68. The highest BCUT2D eigenvalue weighted by atomic mass is 35.5. The molecule has 204 valence electrons. The third-order valence-electron chi connectivity index (χ3n) is 9.20. The van der Waals surface area contributed by atoms with Crippen LogP contribution in [0.15, 0.2) is 60.7 Å². The van der Waals surface area contributed by atoms with Gasteiger partial charge in [-0.25, -0.2) is 0 Å². The van der Waals surface area contributed by atoms with Crippen molar-refractivity contribution in [1.82, 2.24) is 4.90 Å². The summed E-state index contributed by atoms with van der Waals surface area (Å²) >= 11 is 6.71. The van der Waals surface area contributed by atoms with E-state index < -0.39 is 16.9 Å². The number of aryl methyl sites for hydroxylation is 1. The number of benzene rings is 3. The first kappa shape index (κ1) is 25.3. The number of Topliss-reactive ketones (excluding diaryl/α,β-unsaturated/α-hetero) is 1. The predicted octanol–water partition coefficient (Wildman–Crippen LogP) is 5.45. The Bertz CT molecular complexity index is 1590. The van der Waals surface area contributed by atoms with Crippen molar-refractivity contribution in [2.24, 2.45) is 5.92 Å². The molecule has 2 saturated heterocycles. The van der Waals surface area contributed by atoms with Gasteiger partial charge in [0.15, 0.2) is 5.78 Å². The lowest BCUT2D eigenvalue weighted by atomic mass is 9.57. The third kappa shape index (κ3) is 3.02. The Morgan fingerprint density at radius 2 is 1.82 bits per heavy atom. The fraction of sp³-hybridized carbons (Fsp3) is 0.344. The first-order valence-corrected chi connectivity index (χ1v) is 14.3. The fourth-order valence-electron chi connectivity index (χ4n) is 7.89. The highest BCUT2D eigenvalue weighted by molar-refractivity contribution is 6.35. The minimum Gasteiger partial charge on any atom is -0.494 e. The molecular weight excluding hydrogens is 526 g/mol. The molecule has 40 heavy (non-hydrogen) atoms. The number of carbonyl (C=O) groups is 3. The maximum atomic E-state index is 14.7. The van der Waals surface area contributed by atoms with E-state index in [4.69, 9.17) is 16.3 Å². The predicted molar refractivity (Wildman–Crippen MR) is 153 cm³/mol. The van der Waals surface area contributed by atoms with Crippen molar-refractivity contribution in [3.8, 4) is 5.75 Å². The standard InChI is InChI=1S/C32H30ClN3O4/c1-3-15-40-20-12-10-19(11-13-20)28(37)26-25-9-6-14-36(25)32(22-16-18(2)17-23(33)27(22)35-30(32)39)31(26)21-7-4-5-8-24(21)34-29(31)38/h4-5,7-8,10-13,16-17,25-26H,3,6,9,14-15H2,1-2H3,(H,34,38)(H,35,39)/t25-,26+,31+,32+/m1/s1. The Balaban J connectivity index is 1.50. The molecule has 4 aliphatic heterocycles. The topological polar surface area (TPSA) is 87.7 Å². The number of fused-ring (bicyclic) bond motifs is 7. The van der Waals surface area contributed by atoms with Gasteiger partial charge in [-0.3, -0.25) is 19.3 Å². The zero-order valence-corrected chi connectivity index (χ0v) is 23.2. The summed E-state index contributed by atoms with van der Waals surface area (Å²) in [4.78, 5) is 45.9. The molecule has 2 N–H and O–H groups in total. The summed E-state index contributed by atoms with van der Waals surface area (Å²) in [5.41, 5.74) is 0.954. The number of carbonyl (C=O) groups excluding carboxylic acids is 3. The highest BCUT2D eigenvalue weighted by Gasteiger charge is 2.81. The molecule has 0 unspecified atom stereocenters. The number of rotatable bonds is 5. The second kappa shape index (κ2) is 8.91. The Morgan fingerprint density at radius 1 is 1.05 bits per heavy atom. The van der Waals surface area contributed by atoms with E-state index in [0.29, 0.717) is 58.4 Å². The van der Waals surface area contributed by atoms with Crippen LogP contribution in [0.2, 0.25) is 5.02 Å². The van der Waals surface area contributed by atoms with E-state index in [9.17, 15) is 14.4 Å². The van der Waals surface area contributed by atoms with Crippen molar-refractivity contribution < 1.29 is 19.1 Å². The summed E-state index contributed by atoms with van der Waals surface area (Å²) in [6.45, 7) is 5.15. The van der Waals surface area contributed by atoms with Gasteiger partial charge in [-0.2, -0.15) is 0 Å². The van der Waals surface area contributed by atoms with Gasteiger partial charge < -0.3 is 15.4 Å². The Labute approximate surface area is 237 Å². The van der Waals surface area contributed by atoms with Crippen LogP contribution >= 0.6 is 11.6 Å². The molecular formula is C32H30ClN3O4. The molecule has 4 heterocycles. The number of halogens is 1. The SMILES string of the molecule is CCCOc1ccc(C(=O)[C@@H]2[C@H]3CCCN3[C@@]3(C(=O)Nc4c(Cl)cc(C)cc43)[C@]23C(=O)Nc2ccccc23)cc1. The molecule has 7 nitrogen and oxygen atoms in total. The van der Waals surface area contributed by atoms with Gasteiger partial charge in [0.25, 0.3) is 5.91 Å². The van der Waals surface area contributed by atoms with Crippen molar-refractivity contribution in [3.05, 3.63) is 87.9 Å². The number of nitrogens with zero attached hydrogens (tertiary/aromatic N) is 1. The van der Waals surface area contributed by atoms with Gasteiger partial charge in [0.2, 0.25) is 5.91 Å². The van der Waals surface area contributed by atoms with Gasteiger partial charge in [-0.05, 0) is 80.3 Å². The monoisotopic (exact) mass is 555 g/mol. The summed E-state index contributed by atoms with van der Waals surface area (Å²) < 4.78 is 5.74. The van der Waals surface area contributed by atoms with Gasteiger partial charge in [-0.15, -0.1) is 0 Å². The lowest BCUT2D eigenvalue weighted by Gasteiger charge is -2.43. The van der Waals surface area contributed by atoms with Crippen LogP contribution in [0.3, 0.4) is 0 Å². The number of anilines is 2. The number of hydrogen-bond acceptors (Lipinski definition) is 5. The third-order valence-corrected chi connectivity index (χ3v) is 9.49. The van der Waals surface area contributed by atoms with Crippen LogP contribution in [0, 0.1) is 12.8 Å². The summed E-state index contributed by atoms with van der Waals surface area (Å²) in [7, 11) is 0. The van der Waals surface area contributed by atoms with Crippen molar-refractivity contribution in [3.63, 3.8) is 0 Å². The van der Waals surface area contributed by atoms with E-state index in [1.165, 1.54) is 0 Å². The summed E-state index contributed by atoms with van der Waals surface area (Å²) in [6.07, 6.45) is 2.41. The lowest BCUT2D eigenvalue weighted by molar-refractivity contribution is -0.137. The fourth-order valence-corrected chi connectivity index (χ4v) is 8.21. The average molecular weight is 556 g/mol. The van der Waals surface area contributed by atoms with Gasteiger partial charge in [-0.1, -0.05) is 42.8 Å². The summed E-state index contributed by atoms with van der Waals surface area (Å²) in [5, 5.41) is 6.54. The molecule has 8 heteroatoms. The van der Waals surface area contributed by atoms with Crippen molar-refractivity contribution in [2.45, 2.75) is 50.1 Å². The Morgan fingerprint density at radius 3 is 2.60 bits per heavy atom. The molecule has 0 radical (unpaired) electrons. The minimum absolute atomic E-state index is 0.150. The molecule has 2 amide bonds. The first-order chi connectivity index (χ1) is 19.3. The van der Waals surface area contributed by atoms with Crippen molar-refractivity contribution in [1.29, 1.82) is 0 Å². The number of ketones is 1. The quantitative estimate of drug-likeness (QED) is 0.409. The molecule has 0 aromatic heterocycles. The van der Waals surface area contributed by atoms with Gasteiger partial charge in [0, 0.05) is 22.9 Å². The zero-order valence-electron chi connectivity index (χ0n) is 22.4. The maximum Gasteiger partial charge on any atom is 0.251 e. The molecule has 2 spiro atoms. The number of ether oxygens (including phenoxy) is 1. The summed E-state index contributed by atoms with van der Waals surface area (Å²) in [5.74, 6) is -0.895. The maximum absolute atomic E-state index is 14.7. The largest absolute Gasteiger partial charge is 0.494 e. The van der Waals surface area contributed by atoms with Crippen LogP contribution in [0.5, 0.6) is 5.75 Å². The van der Waals surface area contributed by atoms with Crippen LogP contribution in [-0.4, -0.2) is 41.7 Å². The second-order valence-corrected chi connectivity index (χ2v) is 11.7. The molecule has 4 atom stereocenters. The molecule has 0 saturated carbocycles. The van der Waals surface area contributed by atoms with Gasteiger partial charge >= 0.3 is 0 Å². The molecule has 3 aromatic rings. The number of hydrogen-bond donors (Lipinski definition) is 2. The Hall–Kier alpha value is -3.68. The lowest BCUT2D eigenvalue weighted by Crippen LogP contribution is -2.62. The van der Waals surface area contributed by atoms with Crippen LogP contribution in [0.25, 0.3) is 0 Å². The molecule has 0 aliphatic carbocycles. The average Bonchev–Trinajstić information content (AvgIpc) is 3.67. The van der Waals surface area contributed by atoms with E-state index in [2.05, 4.69) is 15.5 Å². The second-order valence-electron chi connectivity index (χ2n) is 11.3. The van der Waals surface area contributed by atoms with E-state index in [1.807, 2.05) is 50.2 Å². The number of amides is 2. The van der Waals surface area contributed by atoms with Crippen LogP contribution in [0.1, 0.15) is 53.2 Å². The molecule has 2 fully saturated rings. The number of para-hydroxylation sites is 1. The summed E-state index contributed by atoms with van der Waals surface area (Å²) in [6, 6.07) is 18.1. The first-order valence-electron chi connectivity index (χ1n) is 13.9. The van der Waals surface area contributed by atoms with E-state index in [1.54, 1.807) is 24.3 Å². The molecule has 7 rings (SSSR count). The van der Waals surface area contributed by atoms with E-state index >= 15 is 0 Å². The van der Waals surface area contributed by atoms with Crippen LogP contribution in [0.4, 0.5) is 11.4 Å². The van der Waals surface area contributed by atoms with Gasteiger partial charge in [0.05, 0.1) is 23.2 Å². The van der Waals surface area contributed by atoms with E-state index in [-0.39, 0.29) is 23.6 Å². The van der Waals surface area contributed by atoms with Crippen LogP contribution < -0.4 is 15.4 Å². The van der Waals surface area contributed by atoms with Crippen molar-refractivity contribution >= 4 is 40.6 Å². The molecule has 0 bridgehead atoms. The van der Waals surface area contributed by atoms with Crippen molar-refractivity contribution in [2.75, 3.05) is 23.8 Å². The van der Waals surface area contributed by atoms with E-state index in [0.717, 1.165) is 18.4 Å². The zero-order chi connectivity index (χ0) is 27.8. The minimum atomic E-state index is -1.49. The normalized spacial score (nSPS) is 28.0. The molecule has 4 aliphatic rings.